The van der Waals surface area contributed by atoms with Crippen molar-refractivity contribution in [1.29, 1.82) is 0 Å². The Morgan fingerprint density at radius 2 is 1.95 bits per heavy atom. The van der Waals surface area contributed by atoms with Gasteiger partial charge >= 0.3 is 0 Å². The number of hydrogen-bond donors (Lipinski definition) is 2. The molecule has 0 aromatic heterocycles. The van der Waals surface area contributed by atoms with Crippen molar-refractivity contribution in [3.05, 3.63) is 29.8 Å². The Balaban J connectivity index is 1.92. The van der Waals surface area contributed by atoms with Crippen molar-refractivity contribution in [3.63, 3.8) is 0 Å². The highest BCUT2D eigenvalue weighted by atomic mass is 16.3. The average Bonchev–Trinajstić information content (AvgIpc) is 2.67. The number of nitrogens with zero attached hydrogens (tertiary/aromatic N) is 1. The predicted octanol–water partition coefficient (Wildman–Crippen LogP) is 2.96. The summed E-state index contributed by atoms with van der Waals surface area (Å²) in [6.45, 7) is 0.689. The third-order valence-electron chi connectivity index (χ3n) is 4.20. The minimum Gasteiger partial charge on any atom is -0.399 e. The van der Waals surface area contributed by atoms with E-state index in [2.05, 4.69) is 11.9 Å². The molecule has 1 aliphatic rings. The van der Waals surface area contributed by atoms with Gasteiger partial charge in [0, 0.05) is 18.3 Å². The highest BCUT2D eigenvalue weighted by Gasteiger charge is 2.19. The molecule has 1 fully saturated rings. The zero-order valence-corrected chi connectivity index (χ0v) is 11.9. The minimum absolute atomic E-state index is 0.447. The summed E-state index contributed by atoms with van der Waals surface area (Å²) in [6.07, 6.45) is 7.45. The fourth-order valence-electron chi connectivity index (χ4n) is 2.99. The van der Waals surface area contributed by atoms with E-state index in [0.29, 0.717) is 18.3 Å². The maximum atomic E-state index is 10.3. The van der Waals surface area contributed by atoms with Gasteiger partial charge in [-0.3, -0.25) is 0 Å². The Kier molecular flexibility index (Phi) is 5.23. The second kappa shape index (κ2) is 6.92. The van der Waals surface area contributed by atoms with Crippen LogP contribution in [0.2, 0.25) is 0 Å². The molecule has 2 rings (SSSR count). The van der Waals surface area contributed by atoms with Gasteiger partial charge in [-0.15, -0.1) is 0 Å². The Labute approximate surface area is 116 Å². The van der Waals surface area contributed by atoms with Crippen LogP contribution in [0.4, 0.5) is 5.69 Å². The van der Waals surface area contributed by atoms with Gasteiger partial charge in [-0.05, 0) is 37.6 Å². The summed E-state index contributed by atoms with van der Waals surface area (Å²) < 4.78 is 0. The first kappa shape index (κ1) is 14.4. The molecule has 3 N–H and O–H groups in total. The maximum absolute atomic E-state index is 10.3. The maximum Gasteiger partial charge on any atom is 0.0917 e. The SMILES string of the molecule is CN(CC(O)c1cccc(N)c1)C1CCCCCC1. The van der Waals surface area contributed by atoms with Crippen molar-refractivity contribution < 1.29 is 5.11 Å². The Morgan fingerprint density at radius 1 is 1.26 bits per heavy atom. The summed E-state index contributed by atoms with van der Waals surface area (Å²) in [5, 5.41) is 10.3. The highest BCUT2D eigenvalue weighted by Crippen LogP contribution is 2.23. The van der Waals surface area contributed by atoms with Crippen molar-refractivity contribution in [1.82, 2.24) is 4.90 Å². The summed E-state index contributed by atoms with van der Waals surface area (Å²) in [7, 11) is 2.13. The summed E-state index contributed by atoms with van der Waals surface area (Å²) in [6, 6.07) is 8.19. The van der Waals surface area contributed by atoms with Crippen molar-refractivity contribution in [2.45, 2.75) is 50.7 Å². The Hall–Kier alpha value is -1.06. The summed E-state index contributed by atoms with van der Waals surface area (Å²) in [5.74, 6) is 0. The van der Waals surface area contributed by atoms with E-state index < -0.39 is 6.10 Å². The molecule has 0 aliphatic heterocycles. The number of anilines is 1. The van der Waals surface area contributed by atoms with Gasteiger partial charge in [-0.2, -0.15) is 0 Å². The number of aliphatic hydroxyl groups excluding tert-OH is 1. The third-order valence-corrected chi connectivity index (χ3v) is 4.20. The van der Waals surface area contributed by atoms with Crippen LogP contribution in [0.25, 0.3) is 0 Å². The summed E-state index contributed by atoms with van der Waals surface area (Å²) >= 11 is 0. The van der Waals surface area contributed by atoms with Crippen LogP contribution in [-0.4, -0.2) is 29.6 Å². The van der Waals surface area contributed by atoms with E-state index in [9.17, 15) is 5.11 Å². The smallest absolute Gasteiger partial charge is 0.0917 e. The van der Waals surface area contributed by atoms with Crippen LogP contribution in [0.15, 0.2) is 24.3 Å². The molecule has 3 nitrogen and oxygen atoms in total. The monoisotopic (exact) mass is 262 g/mol. The lowest BCUT2D eigenvalue weighted by molar-refractivity contribution is 0.0991. The molecule has 3 heteroatoms. The van der Waals surface area contributed by atoms with Crippen LogP contribution in [0.5, 0.6) is 0 Å². The molecule has 1 aromatic carbocycles. The molecular formula is C16H26N2O. The van der Waals surface area contributed by atoms with Crippen LogP contribution < -0.4 is 5.73 Å². The third kappa shape index (κ3) is 4.22. The molecule has 1 aromatic rings. The van der Waals surface area contributed by atoms with Gasteiger partial charge < -0.3 is 15.7 Å². The Bertz CT molecular complexity index is 386. The van der Waals surface area contributed by atoms with E-state index in [1.165, 1.54) is 38.5 Å². The quantitative estimate of drug-likeness (QED) is 0.648. The molecular weight excluding hydrogens is 236 g/mol. The molecule has 1 saturated carbocycles. The fourth-order valence-corrected chi connectivity index (χ4v) is 2.99. The molecule has 0 radical (unpaired) electrons. The average molecular weight is 262 g/mol. The number of likely N-dealkylation sites (N-methyl/N-ethyl adjacent to an activating group) is 1. The number of nitrogen functional groups attached to an aromatic ring is 1. The molecule has 0 spiro atoms. The summed E-state index contributed by atoms with van der Waals surface area (Å²) in [4.78, 5) is 2.32. The van der Waals surface area contributed by atoms with E-state index in [0.717, 1.165) is 5.56 Å². The first-order valence-corrected chi connectivity index (χ1v) is 7.40. The van der Waals surface area contributed by atoms with Gasteiger partial charge in [0.1, 0.15) is 0 Å². The predicted molar refractivity (Wildman–Crippen MR) is 79.9 cm³/mol. The topological polar surface area (TPSA) is 49.5 Å². The lowest BCUT2D eigenvalue weighted by Crippen LogP contribution is -2.34. The van der Waals surface area contributed by atoms with E-state index >= 15 is 0 Å². The van der Waals surface area contributed by atoms with Gasteiger partial charge in [0.05, 0.1) is 6.10 Å². The zero-order chi connectivity index (χ0) is 13.7. The first-order valence-electron chi connectivity index (χ1n) is 7.40. The second-order valence-electron chi connectivity index (χ2n) is 5.77. The lowest BCUT2D eigenvalue weighted by Gasteiger charge is -2.29. The molecule has 1 aliphatic carbocycles. The number of hydrogen-bond acceptors (Lipinski definition) is 3. The molecule has 0 amide bonds. The van der Waals surface area contributed by atoms with Crippen LogP contribution in [0.3, 0.4) is 0 Å². The van der Waals surface area contributed by atoms with Crippen LogP contribution >= 0.6 is 0 Å². The first-order chi connectivity index (χ1) is 9.16. The van der Waals surface area contributed by atoms with Crippen molar-refractivity contribution in [3.8, 4) is 0 Å². The van der Waals surface area contributed by atoms with Gasteiger partial charge in [0.2, 0.25) is 0 Å². The second-order valence-corrected chi connectivity index (χ2v) is 5.77. The number of aliphatic hydroxyl groups is 1. The number of benzene rings is 1. The number of nitrogens with two attached hydrogens (primary N) is 1. The highest BCUT2D eigenvalue weighted by molar-refractivity contribution is 5.41. The molecule has 19 heavy (non-hydrogen) atoms. The van der Waals surface area contributed by atoms with E-state index in [-0.39, 0.29) is 0 Å². The van der Waals surface area contributed by atoms with Crippen molar-refractivity contribution in [2.75, 3.05) is 19.3 Å². The largest absolute Gasteiger partial charge is 0.399 e. The minimum atomic E-state index is -0.447. The van der Waals surface area contributed by atoms with Crippen LogP contribution in [0, 0.1) is 0 Å². The molecule has 0 saturated heterocycles. The fraction of sp³-hybridized carbons (Fsp3) is 0.625. The van der Waals surface area contributed by atoms with Crippen molar-refractivity contribution in [2.24, 2.45) is 0 Å². The standard InChI is InChI=1S/C16H26N2O/c1-18(15-9-4-2-3-5-10-15)12-16(19)13-7-6-8-14(17)11-13/h6-8,11,15-16,19H,2-5,9-10,12,17H2,1H3. The molecule has 1 atom stereocenters. The normalized spacial score (nSPS) is 19.3. The van der Waals surface area contributed by atoms with Crippen LogP contribution in [0.1, 0.15) is 50.2 Å². The number of rotatable bonds is 4. The van der Waals surface area contributed by atoms with Gasteiger partial charge in [0.25, 0.3) is 0 Å². The zero-order valence-electron chi connectivity index (χ0n) is 11.9. The Morgan fingerprint density at radius 3 is 2.58 bits per heavy atom. The van der Waals surface area contributed by atoms with Gasteiger partial charge in [-0.25, -0.2) is 0 Å². The van der Waals surface area contributed by atoms with Crippen molar-refractivity contribution >= 4 is 5.69 Å². The summed E-state index contributed by atoms with van der Waals surface area (Å²) in [5.41, 5.74) is 7.40. The molecule has 0 heterocycles. The van der Waals surface area contributed by atoms with E-state index in [1.807, 2.05) is 24.3 Å². The van der Waals surface area contributed by atoms with E-state index in [4.69, 9.17) is 5.73 Å². The lowest BCUT2D eigenvalue weighted by atomic mass is 10.0. The molecule has 1 unspecified atom stereocenters. The van der Waals surface area contributed by atoms with E-state index in [1.54, 1.807) is 0 Å². The van der Waals surface area contributed by atoms with Gasteiger partial charge in [-0.1, -0.05) is 37.8 Å². The van der Waals surface area contributed by atoms with Crippen LogP contribution in [-0.2, 0) is 0 Å². The molecule has 106 valence electrons. The van der Waals surface area contributed by atoms with Gasteiger partial charge in [0.15, 0.2) is 0 Å². The molecule has 0 bridgehead atoms.